The first-order valence-corrected chi connectivity index (χ1v) is 4.10. The lowest BCUT2D eigenvalue weighted by Gasteiger charge is -2.10. The SMILES string of the molecule is O=c1[nH]ccnc1OC1N=CCC=N1. The van der Waals surface area contributed by atoms with Gasteiger partial charge in [-0.1, -0.05) is 0 Å². The number of aromatic nitrogens is 2. The zero-order valence-corrected chi connectivity index (χ0v) is 7.25. The van der Waals surface area contributed by atoms with E-state index in [1.165, 1.54) is 12.4 Å². The summed E-state index contributed by atoms with van der Waals surface area (Å²) in [5.74, 6) is -0.0197. The molecule has 2 heterocycles. The summed E-state index contributed by atoms with van der Waals surface area (Å²) in [5.41, 5.74) is -0.386. The van der Waals surface area contributed by atoms with Gasteiger partial charge in [-0.25, -0.2) is 15.0 Å². The first-order chi connectivity index (χ1) is 6.86. The molecule has 1 aromatic rings. The molecule has 0 atom stereocenters. The molecule has 1 aliphatic heterocycles. The maximum absolute atomic E-state index is 11.1. The summed E-state index contributed by atoms with van der Waals surface area (Å²) in [5, 5.41) is 0. The summed E-state index contributed by atoms with van der Waals surface area (Å²) < 4.78 is 5.14. The van der Waals surface area contributed by atoms with Crippen LogP contribution in [0.5, 0.6) is 5.88 Å². The van der Waals surface area contributed by atoms with E-state index in [0.717, 1.165) is 0 Å². The summed E-state index contributed by atoms with van der Waals surface area (Å²) in [7, 11) is 0. The van der Waals surface area contributed by atoms with Crippen molar-refractivity contribution < 1.29 is 4.74 Å². The van der Waals surface area contributed by atoms with Crippen LogP contribution in [0.3, 0.4) is 0 Å². The van der Waals surface area contributed by atoms with Crippen LogP contribution in [-0.4, -0.2) is 28.7 Å². The Balaban J connectivity index is 2.14. The van der Waals surface area contributed by atoms with Crippen LogP contribution in [0.4, 0.5) is 0 Å². The topological polar surface area (TPSA) is 79.7 Å². The summed E-state index contributed by atoms with van der Waals surface area (Å²) >= 11 is 0. The van der Waals surface area contributed by atoms with Gasteiger partial charge in [-0.2, -0.15) is 0 Å². The second-order valence-electron chi connectivity index (χ2n) is 2.57. The Bertz CT molecular complexity index is 411. The quantitative estimate of drug-likeness (QED) is 0.714. The highest BCUT2D eigenvalue weighted by molar-refractivity contribution is 5.80. The Morgan fingerprint density at radius 2 is 2.21 bits per heavy atom. The molecule has 0 fully saturated rings. The van der Waals surface area contributed by atoms with Gasteiger partial charge >= 0.3 is 5.56 Å². The number of rotatable bonds is 2. The van der Waals surface area contributed by atoms with E-state index in [4.69, 9.17) is 4.74 Å². The second-order valence-corrected chi connectivity index (χ2v) is 2.57. The number of hydrogen-bond donors (Lipinski definition) is 1. The van der Waals surface area contributed by atoms with Crippen LogP contribution in [0, 0.1) is 0 Å². The third-order valence-electron chi connectivity index (χ3n) is 1.57. The molecule has 72 valence electrons. The lowest BCUT2D eigenvalue weighted by Crippen LogP contribution is -2.20. The van der Waals surface area contributed by atoms with Crippen LogP contribution in [-0.2, 0) is 0 Å². The average molecular weight is 192 g/mol. The molecule has 14 heavy (non-hydrogen) atoms. The Hall–Kier alpha value is -1.98. The normalized spacial score (nSPS) is 15.7. The number of H-pyrrole nitrogens is 1. The van der Waals surface area contributed by atoms with Gasteiger partial charge in [0, 0.05) is 31.2 Å². The van der Waals surface area contributed by atoms with Crippen LogP contribution in [0.25, 0.3) is 0 Å². The van der Waals surface area contributed by atoms with Crippen LogP contribution in [0.15, 0.2) is 27.2 Å². The highest BCUT2D eigenvalue weighted by atomic mass is 16.5. The van der Waals surface area contributed by atoms with Gasteiger partial charge in [0.2, 0.25) is 0 Å². The van der Waals surface area contributed by atoms with Crippen LogP contribution >= 0.6 is 0 Å². The van der Waals surface area contributed by atoms with Crippen molar-refractivity contribution >= 4 is 12.4 Å². The van der Waals surface area contributed by atoms with Crippen molar-refractivity contribution in [1.82, 2.24) is 9.97 Å². The highest BCUT2D eigenvalue weighted by Gasteiger charge is 2.09. The third kappa shape index (κ3) is 1.85. The molecule has 1 aromatic heterocycles. The van der Waals surface area contributed by atoms with Gasteiger partial charge in [0.1, 0.15) is 0 Å². The maximum atomic E-state index is 11.1. The van der Waals surface area contributed by atoms with Gasteiger partial charge in [0.05, 0.1) is 0 Å². The van der Waals surface area contributed by atoms with E-state index in [2.05, 4.69) is 20.0 Å². The molecule has 0 unspecified atom stereocenters. The largest absolute Gasteiger partial charge is 0.427 e. The maximum Gasteiger partial charge on any atom is 0.310 e. The molecule has 2 rings (SSSR count). The Labute approximate surface area is 79.4 Å². The molecule has 0 aromatic carbocycles. The van der Waals surface area contributed by atoms with E-state index < -0.39 is 6.35 Å². The minimum Gasteiger partial charge on any atom is -0.427 e. The van der Waals surface area contributed by atoms with Crippen molar-refractivity contribution in [3.05, 3.63) is 22.7 Å². The summed E-state index contributed by atoms with van der Waals surface area (Å²) in [6.45, 7) is 0. The lowest BCUT2D eigenvalue weighted by atomic mass is 10.5. The van der Waals surface area contributed by atoms with E-state index in [9.17, 15) is 4.79 Å². The molecular formula is C8H8N4O2. The number of nitrogens with one attached hydrogen (secondary N) is 1. The van der Waals surface area contributed by atoms with E-state index in [1.54, 1.807) is 12.4 Å². The van der Waals surface area contributed by atoms with Gasteiger partial charge in [0.15, 0.2) is 0 Å². The smallest absolute Gasteiger partial charge is 0.310 e. The van der Waals surface area contributed by atoms with Gasteiger partial charge < -0.3 is 9.72 Å². The predicted octanol–water partition coefficient (Wildman–Crippen LogP) is -0.0224. The van der Waals surface area contributed by atoms with E-state index >= 15 is 0 Å². The first-order valence-electron chi connectivity index (χ1n) is 4.10. The zero-order valence-electron chi connectivity index (χ0n) is 7.25. The molecule has 6 heteroatoms. The molecule has 0 saturated carbocycles. The molecule has 0 radical (unpaired) electrons. The van der Waals surface area contributed by atoms with Crippen molar-refractivity contribution in [2.75, 3.05) is 0 Å². The van der Waals surface area contributed by atoms with Crippen molar-refractivity contribution in [3.63, 3.8) is 0 Å². The summed E-state index contributed by atoms with van der Waals surface area (Å²) in [4.78, 5) is 25.2. The summed E-state index contributed by atoms with van der Waals surface area (Å²) in [6, 6.07) is 0. The number of aromatic amines is 1. The Kier molecular flexibility index (Phi) is 2.35. The summed E-state index contributed by atoms with van der Waals surface area (Å²) in [6.07, 6.45) is 6.23. The highest BCUT2D eigenvalue weighted by Crippen LogP contribution is 2.03. The molecular weight excluding hydrogens is 184 g/mol. The monoisotopic (exact) mass is 192 g/mol. The Morgan fingerprint density at radius 3 is 2.93 bits per heavy atom. The number of aliphatic imine (C=N–C) groups is 2. The van der Waals surface area contributed by atoms with Gasteiger partial charge in [0.25, 0.3) is 12.2 Å². The molecule has 0 aliphatic carbocycles. The molecule has 0 amide bonds. The molecule has 1 aliphatic rings. The van der Waals surface area contributed by atoms with Crippen molar-refractivity contribution in [3.8, 4) is 5.88 Å². The van der Waals surface area contributed by atoms with Crippen LogP contribution in [0.2, 0.25) is 0 Å². The van der Waals surface area contributed by atoms with E-state index in [1.807, 2.05) is 0 Å². The Morgan fingerprint density at radius 1 is 1.43 bits per heavy atom. The van der Waals surface area contributed by atoms with Crippen LogP contribution < -0.4 is 10.3 Å². The first kappa shape index (κ1) is 8.61. The minimum absolute atomic E-state index is 0.0197. The molecule has 0 bridgehead atoms. The number of ether oxygens (including phenoxy) is 1. The number of nitrogens with zero attached hydrogens (tertiary/aromatic N) is 3. The number of hydrogen-bond acceptors (Lipinski definition) is 5. The molecule has 1 N–H and O–H groups in total. The predicted molar refractivity (Wildman–Crippen MR) is 50.9 cm³/mol. The molecule has 6 nitrogen and oxygen atoms in total. The fourth-order valence-electron chi connectivity index (χ4n) is 0.971. The van der Waals surface area contributed by atoms with Crippen molar-refractivity contribution in [1.29, 1.82) is 0 Å². The standard InChI is InChI=1S/C8H8N4O2/c13-6-7(10-5-4-9-6)14-8-11-2-1-3-12-8/h2-5,8H,1H2,(H,9,13). The van der Waals surface area contributed by atoms with Crippen molar-refractivity contribution in [2.24, 2.45) is 9.98 Å². The van der Waals surface area contributed by atoms with Gasteiger partial charge in [-0.05, 0) is 0 Å². The fraction of sp³-hybridized carbons (Fsp3) is 0.250. The van der Waals surface area contributed by atoms with Gasteiger partial charge in [-0.15, -0.1) is 0 Å². The zero-order chi connectivity index (χ0) is 9.80. The third-order valence-corrected chi connectivity index (χ3v) is 1.57. The van der Waals surface area contributed by atoms with Crippen molar-refractivity contribution in [2.45, 2.75) is 12.8 Å². The fourth-order valence-corrected chi connectivity index (χ4v) is 0.971. The minimum atomic E-state index is -0.681. The molecule has 0 spiro atoms. The lowest BCUT2D eigenvalue weighted by molar-refractivity contribution is 0.209. The second kappa shape index (κ2) is 3.82. The molecule has 0 saturated heterocycles. The van der Waals surface area contributed by atoms with Gasteiger partial charge in [-0.3, -0.25) is 4.79 Å². The van der Waals surface area contributed by atoms with E-state index in [0.29, 0.717) is 6.42 Å². The van der Waals surface area contributed by atoms with E-state index in [-0.39, 0.29) is 11.4 Å². The van der Waals surface area contributed by atoms with Crippen LogP contribution in [0.1, 0.15) is 6.42 Å². The average Bonchev–Trinajstić information content (AvgIpc) is 2.23.